The van der Waals surface area contributed by atoms with E-state index in [1.54, 1.807) is 17.9 Å². The molecule has 0 aliphatic heterocycles. The first kappa shape index (κ1) is 16.2. The fourth-order valence-electron chi connectivity index (χ4n) is 1.83. The summed E-state index contributed by atoms with van der Waals surface area (Å²) in [6.45, 7) is 7.68. The average molecular weight is 281 g/mol. The van der Waals surface area contributed by atoms with Gasteiger partial charge in [0.2, 0.25) is 11.8 Å². The van der Waals surface area contributed by atoms with Crippen LogP contribution in [0.1, 0.15) is 45.8 Å². The molecule has 0 bridgehead atoms. The Labute approximate surface area is 119 Å². The van der Waals surface area contributed by atoms with E-state index >= 15 is 0 Å². The van der Waals surface area contributed by atoms with E-state index in [1.807, 2.05) is 20.8 Å². The van der Waals surface area contributed by atoms with E-state index in [9.17, 15) is 9.59 Å². The number of hydrogen-bond donors (Lipinski definition) is 1. The van der Waals surface area contributed by atoms with E-state index in [0.29, 0.717) is 18.0 Å². The summed E-state index contributed by atoms with van der Waals surface area (Å²) < 4.78 is 4.88. The van der Waals surface area contributed by atoms with Crippen LogP contribution in [-0.4, -0.2) is 34.5 Å². The van der Waals surface area contributed by atoms with Crippen LogP contribution in [0.5, 0.6) is 0 Å². The van der Waals surface area contributed by atoms with Crippen molar-refractivity contribution in [3.8, 4) is 0 Å². The number of nitrogens with zero attached hydrogens (tertiary/aromatic N) is 2. The summed E-state index contributed by atoms with van der Waals surface area (Å²) in [7, 11) is 0. The molecule has 112 valence electrons. The van der Waals surface area contributed by atoms with E-state index in [0.717, 1.165) is 12.8 Å². The largest absolute Gasteiger partial charge is 0.360 e. The standard InChI is InChI=1S/C14H23N3O3/c1-5-7-14(19)17(10(3)6-2)9-13(18)15-12-8-11(4)20-16-12/h8,10H,5-7,9H2,1-4H3,(H,15,16,18). The lowest BCUT2D eigenvalue weighted by atomic mass is 10.2. The maximum atomic E-state index is 12.0. The topological polar surface area (TPSA) is 75.4 Å². The van der Waals surface area contributed by atoms with Gasteiger partial charge in [-0.25, -0.2) is 0 Å². The first-order valence-electron chi connectivity index (χ1n) is 7.00. The van der Waals surface area contributed by atoms with E-state index < -0.39 is 0 Å². The maximum Gasteiger partial charge on any atom is 0.245 e. The smallest absolute Gasteiger partial charge is 0.245 e. The quantitative estimate of drug-likeness (QED) is 0.832. The molecule has 1 unspecified atom stereocenters. The second-order valence-corrected chi connectivity index (χ2v) is 4.90. The number of hydrogen-bond acceptors (Lipinski definition) is 4. The molecular formula is C14H23N3O3. The van der Waals surface area contributed by atoms with Gasteiger partial charge in [-0.15, -0.1) is 0 Å². The SMILES string of the molecule is CCCC(=O)N(CC(=O)Nc1cc(C)on1)C(C)CC. The van der Waals surface area contributed by atoms with Crippen LogP contribution in [0.15, 0.2) is 10.6 Å². The number of amides is 2. The summed E-state index contributed by atoms with van der Waals surface area (Å²) in [6, 6.07) is 1.68. The minimum atomic E-state index is -0.261. The molecule has 0 saturated carbocycles. The molecule has 0 saturated heterocycles. The number of nitrogens with one attached hydrogen (secondary N) is 1. The second-order valence-electron chi connectivity index (χ2n) is 4.90. The van der Waals surface area contributed by atoms with Crippen molar-refractivity contribution in [2.24, 2.45) is 0 Å². The van der Waals surface area contributed by atoms with Crippen LogP contribution in [0.3, 0.4) is 0 Å². The van der Waals surface area contributed by atoms with Crippen molar-refractivity contribution >= 4 is 17.6 Å². The lowest BCUT2D eigenvalue weighted by Crippen LogP contribution is -2.43. The van der Waals surface area contributed by atoms with Gasteiger partial charge < -0.3 is 14.7 Å². The molecule has 20 heavy (non-hydrogen) atoms. The zero-order valence-electron chi connectivity index (χ0n) is 12.6. The number of aromatic nitrogens is 1. The first-order chi connectivity index (χ1) is 9.47. The van der Waals surface area contributed by atoms with Crippen LogP contribution in [0, 0.1) is 6.92 Å². The molecule has 1 atom stereocenters. The van der Waals surface area contributed by atoms with Crippen molar-refractivity contribution in [3.63, 3.8) is 0 Å². The second kappa shape index (κ2) is 7.67. The van der Waals surface area contributed by atoms with Crippen molar-refractivity contribution in [1.29, 1.82) is 0 Å². The summed E-state index contributed by atoms with van der Waals surface area (Å²) in [5.41, 5.74) is 0. The van der Waals surface area contributed by atoms with Gasteiger partial charge in [-0.1, -0.05) is 19.0 Å². The van der Waals surface area contributed by atoms with E-state index in [4.69, 9.17) is 4.52 Å². The van der Waals surface area contributed by atoms with Gasteiger partial charge in [0, 0.05) is 18.5 Å². The van der Waals surface area contributed by atoms with Crippen LogP contribution in [-0.2, 0) is 9.59 Å². The molecule has 1 N–H and O–H groups in total. The highest BCUT2D eigenvalue weighted by Crippen LogP contribution is 2.10. The van der Waals surface area contributed by atoms with Gasteiger partial charge in [-0.05, 0) is 26.7 Å². The van der Waals surface area contributed by atoms with Crippen molar-refractivity contribution in [2.45, 2.75) is 53.0 Å². The minimum absolute atomic E-state index is 0.00772. The first-order valence-corrected chi connectivity index (χ1v) is 7.00. The summed E-state index contributed by atoms with van der Waals surface area (Å²) in [5, 5.41) is 6.33. The highest BCUT2D eigenvalue weighted by Gasteiger charge is 2.21. The van der Waals surface area contributed by atoms with E-state index in [2.05, 4.69) is 10.5 Å². The van der Waals surface area contributed by atoms with Gasteiger partial charge in [0.05, 0.1) is 0 Å². The molecule has 0 radical (unpaired) electrons. The molecule has 1 rings (SSSR count). The average Bonchev–Trinajstić information content (AvgIpc) is 2.80. The van der Waals surface area contributed by atoms with Crippen molar-refractivity contribution in [3.05, 3.63) is 11.8 Å². The number of carbonyl (C=O) groups excluding carboxylic acids is 2. The Hall–Kier alpha value is -1.85. The Morgan fingerprint density at radius 1 is 1.45 bits per heavy atom. The summed E-state index contributed by atoms with van der Waals surface area (Å²) in [5.74, 6) is 0.747. The van der Waals surface area contributed by atoms with Gasteiger partial charge in [0.15, 0.2) is 5.82 Å². The minimum Gasteiger partial charge on any atom is -0.360 e. The zero-order chi connectivity index (χ0) is 15.1. The lowest BCUT2D eigenvalue weighted by molar-refractivity contribution is -0.136. The Morgan fingerprint density at radius 2 is 2.15 bits per heavy atom. The fourth-order valence-corrected chi connectivity index (χ4v) is 1.83. The van der Waals surface area contributed by atoms with E-state index in [-0.39, 0.29) is 24.4 Å². The maximum absolute atomic E-state index is 12.0. The predicted molar refractivity (Wildman–Crippen MR) is 76.2 cm³/mol. The van der Waals surface area contributed by atoms with Crippen LogP contribution in [0.4, 0.5) is 5.82 Å². The summed E-state index contributed by atoms with van der Waals surface area (Å²) in [6.07, 6.45) is 2.04. The molecule has 1 aromatic rings. The third kappa shape index (κ3) is 4.68. The van der Waals surface area contributed by atoms with Gasteiger partial charge in [-0.3, -0.25) is 9.59 Å². The Bertz CT molecular complexity index is 456. The van der Waals surface area contributed by atoms with Crippen LogP contribution in [0.25, 0.3) is 0 Å². The molecule has 6 nitrogen and oxygen atoms in total. The number of carbonyl (C=O) groups is 2. The summed E-state index contributed by atoms with van der Waals surface area (Å²) in [4.78, 5) is 25.6. The highest BCUT2D eigenvalue weighted by atomic mass is 16.5. The Morgan fingerprint density at radius 3 is 2.65 bits per heavy atom. The van der Waals surface area contributed by atoms with Crippen LogP contribution >= 0.6 is 0 Å². The highest BCUT2D eigenvalue weighted by molar-refractivity contribution is 5.93. The Balaban J connectivity index is 2.64. The number of anilines is 1. The van der Waals surface area contributed by atoms with Gasteiger partial charge in [0.25, 0.3) is 0 Å². The van der Waals surface area contributed by atoms with Crippen LogP contribution < -0.4 is 5.32 Å². The molecule has 2 amide bonds. The zero-order valence-corrected chi connectivity index (χ0v) is 12.6. The van der Waals surface area contributed by atoms with Crippen LogP contribution in [0.2, 0.25) is 0 Å². The number of aryl methyl sites for hydroxylation is 1. The van der Waals surface area contributed by atoms with Gasteiger partial charge >= 0.3 is 0 Å². The molecule has 0 aromatic carbocycles. The molecule has 1 heterocycles. The normalized spacial score (nSPS) is 12.0. The molecule has 0 aliphatic carbocycles. The van der Waals surface area contributed by atoms with Crippen molar-refractivity contribution in [2.75, 3.05) is 11.9 Å². The van der Waals surface area contributed by atoms with Gasteiger partial charge in [0.1, 0.15) is 12.3 Å². The lowest BCUT2D eigenvalue weighted by Gasteiger charge is -2.27. The number of rotatable bonds is 7. The molecular weight excluding hydrogens is 258 g/mol. The van der Waals surface area contributed by atoms with E-state index in [1.165, 1.54) is 0 Å². The summed E-state index contributed by atoms with van der Waals surface area (Å²) >= 11 is 0. The molecule has 0 aliphatic rings. The predicted octanol–water partition coefficient (Wildman–Crippen LogP) is 2.35. The van der Waals surface area contributed by atoms with Gasteiger partial charge in [-0.2, -0.15) is 0 Å². The molecule has 0 spiro atoms. The third-order valence-electron chi connectivity index (χ3n) is 3.12. The Kier molecular flexibility index (Phi) is 6.21. The monoisotopic (exact) mass is 281 g/mol. The third-order valence-corrected chi connectivity index (χ3v) is 3.12. The molecule has 1 aromatic heterocycles. The van der Waals surface area contributed by atoms with Crippen molar-refractivity contribution < 1.29 is 14.1 Å². The fraction of sp³-hybridized carbons (Fsp3) is 0.643. The molecule has 6 heteroatoms. The molecule has 0 fully saturated rings. The van der Waals surface area contributed by atoms with Crippen molar-refractivity contribution in [1.82, 2.24) is 10.1 Å².